The number of hydrogen-bond donors (Lipinski definition) is 2. The summed E-state index contributed by atoms with van der Waals surface area (Å²) in [6.45, 7) is 0. The summed E-state index contributed by atoms with van der Waals surface area (Å²) in [6, 6.07) is 8.46. The highest BCUT2D eigenvalue weighted by molar-refractivity contribution is 14.1. The highest BCUT2D eigenvalue weighted by Gasteiger charge is 2.31. The average molecular weight is 458 g/mol. The van der Waals surface area contributed by atoms with Crippen LogP contribution in [0.25, 0.3) is 0 Å². The van der Waals surface area contributed by atoms with Crippen LogP contribution in [-0.4, -0.2) is 29.0 Å². The Morgan fingerprint density at radius 3 is 2.67 bits per heavy atom. The lowest BCUT2D eigenvalue weighted by atomic mass is 9.91. The Labute approximate surface area is 154 Å². The molecule has 0 bridgehead atoms. The van der Waals surface area contributed by atoms with E-state index in [1.807, 2.05) is 22.6 Å². The van der Waals surface area contributed by atoms with E-state index in [0.29, 0.717) is 12.0 Å². The van der Waals surface area contributed by atoms with Crippen LogP contribution in [0.5, 0.6) is 0 Å². The van der Waals surface area contributed by atoms with Crippen LogP contribution in [0.1, 0.15) is 12.8 Å². The first-order valence-electron chi connectivity index (χ1n) is 7.03. The van der Waals surface area contributed by atoms with Crippen molar-refractivity contribution in [2.45, 2.75) is 27.2 Å². The molecule has 0 heterocycles. The molecule has 0 radical (unpaired) electrons. The zero-order valence-electron chi connectivity index (χ0n) is 12.5. The van der Waals surface area contributed by atoms with E-state index in [4.69, 9.17) is 0 Å². The normalized spacial score (nSPS) is 21.6. The van der Waals surface area contributed by atoms with E-state index in [0.717, 1.165) is 0 Å². The number of nitriles is 1. The van der Waals surface area contributed by atoms with Gasteiger partial charge in [0.1, 0.15) is 9.46 Å². The maximum absolute atomic E-state index is 12.3. The predicted molar refractivity (Wildman–Crippen MR) is 97.0 cm³/mol. The Morgan fingerprint density at radius 2 is 2.08 bits per heavy atom. The minimum absolute atomic E-state index is 0.00182. The molecule has 1 unspecified atom stereocenters. The number of carboxylic acids is 1. The van der Waals surface area contributed by atoms with Gasteiger partial charge in [-0.05, 0) is 18.6 Å². The lowest BCUT2D eigenvalue weighted by Gasteiger charge is -2.23. The largest absolute Gasteiger partial charge is 0.480 e. The molecule has 126 valence electrons. The Morgan fingerprint density at radius 1 is 1.42 bits per heavy atom. The molecule has 2 rings (SSSR count). The monoisotopic (exact) mass is 458 g/mol. The van der Waals surface area contributed by atoms with E-state index in [2.05, 4.69) is 10.8 Å². The minimum Gasteiger partial charge on any atom is -0.480 e. The third kappa shape index (κ3) is 4.66. The van der Waals surface area contributed by atoms with E-state index in [1.54, 1.807) is 36.4 Å². The molecule has 0 saturated heterocycles. The highest BCUT2D eigenvalue weighted by Crippen LogP contribution is 2.33. The number of rotatable bonds is 6. The molecule has 0 amide bonds. The van der Waals surface area contributed by atoms with Gasteiger partial charge in [-0.1, -0.05) is 64.6 Å². The van der Waals surface area contributed by atoms with Gasteiger partial charge in [-0.2, -0.15) is 9.98 Å². The van der Waals surface area contributed by atoms with E-state index < -0.39 is 25.5 Å². The molecule has 0 fully saturated rings. The van der Waals surface area contributed by atoms with Crippen LogP contribution in [0.3, 0.4) is 0 Å². The Balaban J connectivity index is 2.17. The molecule has 1 aromatic rings. The molecule has 1 aromatic carbocycles. The van der Waals surface area contributed by atoms with Gasteiger partial charge in [0.15, 0.2) is 0 Å². The van der Waals surface area contributed by atoms with Crippen LogP contribution in [0.15, 0.2) is 59.0 Å². The summed E-state index contributed by atoms with van der Waals surface area (Å²) < 4.78 is 26.1. The van der Waals surface area contributed by atoms with E-state index in [1.165, 1.54) is 12.1 Å². The minimum atomic E-state index is -3.93. The van der Waals surface area contributed by atoms with Gasteiger partial charge in [0.25, 0.3) is 0 Å². The Bertz CT molecular complexity index is 827. The van der Waals surface area contributed by atoms with Gasteiger partial charge >= 0.3 is 5.97 Å². The molecule has 24 heavy (non-hydrogen) atoms. The number of benzene rings is 1. The van der Waals surface area contributed by atoms with Gasteiger partial charge in [0, 0.05) is 6.42 Å². The van der Waals surface area contributed by atoms with Crippen LogP contribution in [0.4, 0.5) is 0 Å². The molecular formula is C16H15IN2O4S. The number of sulfonamides is 1. The number of allylic oxidation sites excluding steroid dienone is 3. The summed E-state index contributed by atoms with van der Waals surface area (Å²) in [5.41, 5.74) is 0.705. The molecule has 0 aliphatic heterocycles. The van der Waals surface area contributed by atoms with Gasteiger partial charge in [-0.25, -0.2) is 8.42 Å². The van der Waals surface area contributed by atoms with E-state index >= 15 is 0 Å². The van der Waals surface area contributed by atoms with Gasteiger partial charge in [-0.3, -0.25) is 4.79 Å². The molecule has 8 heteroatoms. The lowest BCUT2D eigenvalue weighted by Crippen LogP contribution is -2.41. The summed E-state index contributed by atoms with van der Waals surface area (Å²) in [5.74, 6) is -1.26. The molecule has 2 atom stereocenters. The zero-order chi connectivity index (χ0) is 17.8. The predicted octanol–water partition coefficient (Wildman–Crippen LogP) is 2.39. The fraction of sp³-hybridized carbons (Fsp3) is 0.250. The van der Waals surface area contributed by atoms with Crippen molar-refractivity contribution >= 4 is 38.6 Å². The molecule has 0 spiro atoms. The maximum atomic E-state index is 12.3. The summed E-state index contributed by atoms with van der Waals surface area (Å²) in [6.07, 6.45) is 5.51. The quantitative estimate of drug-likeness (QED) is 0.503. The van der Waals surface area contributed by atoms with Crippen molar-refractivity contribution < 1.29 is 18.3 Å². The fourth-order valence-corrected chi connectivity index (χ4v) is 4.21. The lowest BCUT2D eigenvalue weighted by molar-refractivity contribution is -0.138. The second-order valence-electron chi connectivity index (χ2n) is 5.36. The van der Waals surface area contributed by atoms with E-state index in [-0.39, 0.29) is 11.3 Å². The van der Waals surface area contributed by atoms with Gasteiger partial charge in [0.2, 0.25) is 10.0 Å². The number of alkyl halides is 1. The Kier molecular flexibility index (Phi) is 5.79. The summed E-state index contributed by atoms with van der Waals surface area (Å²) >= 11 is 2.00. The molecule has 0 aromatic heterocycles. The van der Waals surface area contributed by atoms with E-state index in [9.17, 15) is 23.6 Å². The maximum Gasteiger partial charge on any atom is 0.322 e. The number of halogens is 1. The van der Waals surface area contributed by atoms with Gasteiger partial charge < -0.3 is 5.11 Å². The van der Waals surface area contributed by atoms with Crippen LogP contribution in [0.2, 0.25) is 0 Å². The summed E-state index contributed by atoms with van der Waals surface area (Å²) in [4.78, 5) is 11.5. The number of carboxylic acid groups (broad SMARTS) is 1. The number of aliphatic carboxylic acids is 1. The first-order valence-corrected chi connectivity index (χ1v) is 9.59. The second kappa shape index (κ2) is 7.46. The number of nitrogens with one attached hydrogen (secondary N) is 1. The number of carbonyl (C=O) groups is 1. The Hall–Kier alpha value is -1.70. The zero-order valence-corrected chi connectivity index (χ0v) is 15.5. The highest BCUT2D eigenvalue weighted by atomic mass is 127. The van der Waals surface area contributed by atoms with Crippen molar-refractivity contribution in [1.29, 1.82) is 5.26 Å². The number of nitrogens with zero attached hydrogens (tertiary/aromatic N) is 1. The van der Waals surface area contributed by atoms with Crippen molar-refractivity contribution in [3.8, 4) is 6.07 Å². The summed E-state index contributed by atoms with van der Waals surface area (Å²) in [5, 5.41) is 18.5. The van der Waals surface area contributed by atoms with Crippen LogP contribution in [0, 0.1) is 11.3 Å². The fourth-order valence-electron chi connectivity index (χ4n) is 2.30. The SMILES string of the molecule is N#CC1(I)C=CC=C(C[C@H](NS(=O)(=O)c2ccccc2)C(=O)O)C1. The van der Waals surface area contributed by atoms with Crippen molar-refractivity contribution in [2.75, 3.05) is 0 Å². The molecule has 0 saturated carbocycles. The van der Waals surface area contributed by atoms with Crippen molar-refractivity contribution in [2.24, 2.45) is 0 Å². The molecule has 6 nitrogen and oxygen atoms in total. The third-order valence-electron chi connectivity index (χ3n) is 3.48. The second-order valence-corrected chi connectivity index (χ2v) is 9.00. The smallest absolute Gasteiger partial charge is 0.322 e. The van der Waals surface area contributed by atoms with Crippen LogP contribution in [-0.2, 0) is 14.8 Å². The van der Waals surface area contributed by atoms with Gasteiger partial charge in [0.05, 0.1) is 11.0 Å². The average Bonchev–Trinajstić information content (AvgIpc) is 2.55. The van der Waals surface area contributed by atoms with Crippen LogP contribution < -0.4 is 4.72 Å². The van der Waals surface area contributed by atoms with Crippen molar-refractivity contribution in [1.82, 2.24) is 4.72 Å². The molecule has 1 aliphatic carbocycles. The van der Waals surface area contributed by atoms with Gasteiger partial charge in [-0.15, -0.1) is 0 Å². The standard InChI is InChI=1S/C16H15IN2O4S/c17-16(11-18)8-4-5-12(10-16)9-14(15(20)21)19-24(22,23)13-6-2-1-3-7-13/h1-8,14,19H,9-10H2,(H,20,21)/t14-,16?/m0/s1. The first-order chi connectivity index (χ1) is 11.3. The third-order valence-corrected chi connectivity index (χ3v) is 5.95. The first kappa shape index (κ1) is 18.6. The van der Waals surface area contributed by atoms with Crippen molar-refractivity contribution in [3.63, 3.8) is 0 Å². The van der Waals surface area contributed by atoms with Crippen molar-refractivity contribution in [3.05, 3.63) is 54.1 Å². The molecular weight excluding hydrogens is 443 g/mol. The molecule has 2 N–H and O–H groups in total. The summed E-state index contributed by atoms with van der Waals surface area (Å²) in [7, 11) is -3.93. The topological polar surface area (TPSA) is 107 Å². The van der Waals surface area contributed by atoms with Crippen LogP contribution >= 0.6 is 22.6 Å². The molecule has 1 aliphatic rings. The number of hydrogen-bond acceptors (Lipinski definition) is 4.